The summed E-state index contributed by atoms with van der Waals surface area (Å²) in [6.45, 7) is 1.37. The zero-order chi connectivity index (χ0) is 18.7. The van der Waals surface area contributed by atoms with Crippen molar-refractivity contribution in [1.82, 2.24) is 24.4 Å². The highest BCUT2D eigenvalue weighted by Gasteiger charge is 2.30. The van der Waals surface area contributed by atoms with Crippen molar-refractivity contribution in [3.8, 4) is 0 Å². The van der Waals surface area contributed by atoms with Gasteiger partial charge in [-0.3, -0.25) is 9.89 Å². The molecule has 0 atom stereocenters. The summed E-state index contributed by atoms with van der Waals surface area (Å²) in [6, 6.07) is 1.51. The minimum Gasteiger partial charge on any atom is -0.351 e. The molecule has 11 heteroatoms. The van der Waals surface area contributed by atoms with Crippen molar-refractivity contribution in [3.05, 3.63) is 26.9 Å². The van der Waals surface area contributed by atoms with E-state index in [-0.39, 0.29) is 15.7 Å². The summed E-state index contributed by atoms with van der Waals surface area (Å²) in [5.74, 6) is 0.343. The Morgan fingerprint density at radius 1 is 1.38 bits per heavy atom. The van der Waals surface area contributed by atoms with Crippen LogP contribution in [0.25, 0.3) is 0 Å². The monoisotopic (exact) mass is 415 g/mol. The van der Waals surface area contributed by atoms with Crippen molar-refractivity contribution in [2.24, 2.45) is 7.05 Å². The molecule has 3 heterocycles. The molecule has 0 radical (unpaired) electrons. The smallest absolute Gasteiger partial charge is 0.262 e. The number of sulfonamides is 1. The topological polar surface area (TPSA) is 100 Å². The molecular weight excluding hydrogens is 394 g/mol. The summed E-state index contributed by atoms with van der Waals surface area (Å²) >= 11 is 6.19. The summed E-state index contributed by atoms with van der Waals surface area (Å²) in [5.41, 5.74) is 0. The van der Waals surface area contributed by atoms with E-state index in [0.29, 0.717) is 30.8 Å². The predicted octanol–water partition coefficient (Wildman–Crippen LogP) is 1.69. The Labute approximate surface area is 161 Å². The number of aromatic nitrogens is 3. The average Bonchev–Trinajstić information content (AvgIpc) is 3.25. The maximum atomic E-state index is 12.8. The van der Waals surface area contributed by atoms with Crippen LogP contribution in [-0.4, -0.2) is 53.0 Å². The van der Waals surface area contributed by atoms with Gasteiger partial charge in [-0.25, -0.2) is 8.42 Å². The number of thiophene rings is 1. The van der Waals surface area contributed by atoms with E-state index in [1.165, 1.54) is 10.4 Å². The van der Waals surface area contributed by atoms with Gasteiger partial charge in [-0.05, 0) is 36.5 Å². The van der Waals surface area contributed by atoms with Gasteiger partial charge in [0, 0.05) is 33.1 Å². The highest BCUT2D eigenvalue weighted by atomic mass is 32.2. The van der Waals surface area contributed by atoms with Crippen molar-refractivity contribution in [2.45, 2.75) is 30.6 Å². The number of amides is 1. The van der Waals surface area contributed by atoms with E-state index in [0.717, 1.165) is 36.4 Å². The summed E-state index contributed by atoms with van der Waals surface area (Å²) in [4.78, 5) is 12.8. The Hall–Kier alpha value is -1.56. The highest BCUT2D eigenvalue weighted by Crippen LogP contribution is 2.27. The van der Waals surface area contributed by atoms with Crippen LogP contribution in [0.1, 0.15) is 34.8 Å². The molecule has 0 aromatic carbocycles. The summed E-state index contributed by atoms with van der Waals surface area (Å²) in [7, 11) is -1.83. The zero-order valence-corrected chi connectivity index (χ0v) is 16.8. The normalized spacial score (nSPS) is 15.9. The number of rotatable bonds is 6. The van der Waals surface area contributed by atoms with Crippen LogP contribution in [0.3, 0.4) is 0 Å². The first kappa shape index (κ1) is 19.2. The SMILES string of the molecule is Cn1c(CCNC(=O)c2sccc2S(=O)(=O)N2CCCCC2)n[nH]c1=S. The van der Waals surface area contributed by atoms with Gasteiger partial charge in [0.2, 0.25) is 10.0 Å². The summed E-state index contributed by atoms with van der Waals surface area (Å²) < 4.78 is 29.4. The van der Waals surface area contributed by atoms with Crippen molar-refractivity contribution < 1.29 is 13.2 Å². The van der Waals surface area contributed by atoms with Crippen molar-refractivity contribution in [1.29, 1.82) is 0 Å². The van der Waals surface area contributed by atoms with Gasteiger partial charge in [-0.15, -0.1) is 11.3 Å². The third kappa shape index (κ3) is 3.90. The molecule has 0 spiro atoms. The predicted molar refractivity (Wildman–Crippen MR) is 101 cm³/mol. The van der Waals surface area contributed by atoms with E-state index in [2.05, 4.69) is 15.5 Å². The van der Waals surface area contributed by atoms with Crippen LogP contribution in [0.15, 0.2) is 16.3 Å². The molecule has 1 aliphatic rings. The van der Waals surface area contributed by atoms with Crippen LogP contribution < -0.4 is 5.32 Å². The van der Waals surface area contributed by atoms with Crippen molar-refractivity contribution in [2.75, 3.05) is 19.6 Å². The second-order valence-corrected chi connectivity index (χ2v) is 9.30. The van der Waals surface area contributed by atoms with E-state index < -0.39 is 10.0 Å². The van der Waals surface area contributed by atoms with Gasteiger partial charge < -0.3 is 9.88 Å². The fourth-order valence-electron chi connectivity index (χ4n) is 2.88. The van der Waals surface area contributed by atoms with Gasteiger partial charge in [0.1, 0.15) is 15.6 Å². The van der Waals surface area contributed by atoms with Crippen molar-refractivity contribution in [3.63, 3.8) is 0 Å². The standard InChI is InChI=1S/C15H21N5O3S3/c1-19-12(17-18-15(19)24)5-7-16-14(21)13-11(6-10-25-13)26(22,23)20-8-3-2-4-9-20/h6,10H,2-5,7-9H2,1H3,(H,16,21)(H,18,24). The lowest BCUT2D eigenvalue weighted by Gasteiger charge is -2.25. The Kier molecular flexibility index (Phi) is 5.90. The molecule has 2 N–H and O–H groups in total. The summed E-state index contributed by atoms with van der Waals surface area (Å²) in [6.07, 6.45) is 3.25. The third-order valence-corrected chi connectivity index (χ3v) is 7.72. The first-order valence-electron chi connectivity index (χ1n) is 8.37. The number of nitrogens with one attached hydrogen (secondary N) is 2. The second-order valence-electron chi connectivity index (χ2n) is 6.09. The first-order valence-corrected chi connectivity index (χ1v) is 11.1. The molecular formula is C15H21N5O3S3. The largest absolute Gasteiger partial charge is 0.351 e. The van der Waals surface area contributed by atoms with E-state index in [1.54, 1.807) is 17.0 Å². The summed E-state index contributed by atoms with van der Waals surface area (Å²) in [5, 5.41) is 11.2. The Morgan fingerprint density at radius 3 is 2.77 bits per heavy atom. The number of nitrogens with zero attached hydrogens (tertiary/aromatic N) is 3. The fourth-order valence-corrected chi connectivity index (χ4v) is 5.87. The molecule has 26 heavy (non-hydrogen) atoms. The number of carbonyl (C=O) groups excluding carboxylic acids is 1. The molecule has 1 fully saturated rings. The Bertz CT molecular complexity index is 938. The van der Waals surface area contributed by atoms with E-state index in [1.807, 2.05) is 0 Å². The molecule has 3 rings (SSSR count). The zero-order valence-electron chi connectivity index (χ0n) is 14.4. The molecule has 0 aliphatic carbocycles. The minimum absolute atomic E-state index is 0.0973. The molecule has 1 aliphatic heterocycles. The van der Waals surface area contributed by atoms with Gasteiger partial charge in [-0.1, -0.05) is 6.42 Å². The quantitative estimate of drug-likeness (QED) is 0.700. The highest BCUT2D eigenvalue weighted by molar-refractivity contribution is 7.89. The second kappa shape index (κ2) is 7.99. The van der Waals surface area contributed by atoms with Crippen molar-refractivity contribution >= 4 is 39.5 Å². The number of carbonyl (C=O) groups is 1. The minimum atomic E-state index is -3.63. The van der Waals surface area contributed by atoms with Gasteiger partial charge >= 0.3 is 0 Å². The number of hydrogen-bond acceptors (Lipinski definition) is 6. The molecule has 1 saturated heterocycles. The number of aromatic amines is 1. The number of piperidine rings is 1. The Morgan fingerprint density at radius 2 is 2.12 bits per heavy atom. The van der Waals surface area contributed by atoms with Crippen LogP contribution in [-0.2, 0) is 23.5 Å². The number of hydrogen-bond donors (Lipinski definition) is 2. The molecule has 1 amide bonds. The van der Waals surface area contributed by atoms with E-state index in [9.17, 15) is 13.2 Å². The molecule has 2 aromatic rings. The van der Waals surface area contributed by atoms with Crippen LogP contribution in [0.4, 0.5) is 0 Å². The molecule has 0 unspecified atom stereocenters. The molecule has 2 aromatic heterocycles. The average molecular weight is 416 g/mol. The van der Waals surface area contributed by atoms with E-state index >= 15 is 0 Å². The maximum absolute atomic E-state index is 12.8. The molecule has 0 bridgehead atoms. The van der Waals surface area contributed by atoms with Gasteiger partial charge in [-0.2, -0.15) is 9.40 Å². The molecule has 8 nitrogen and oxygen atoms in total. The Balaban J connectivity index is 1.68. The lowest BCUT2D eigenvalue weighted by Crippen LogP contribution is -2.36. The van der Waals surface area contributed by atoms with Gasteiger partial charge in [0.05, 0.1) is 0 Å². The molecule has 0 saturated carbocycles. The van der Waals surface area contributed by atoms with Crippen LogP contribution in [0.2, 0.25) is 0 Å². The fraction of sp³-hybridized carbons (Fsp3) is 0.533. The lowest BCUT2D eigenvalue weighted by molar-refractivity contribution is 0.0954. The van der Waals surface area contributed by atoms with Crippen LogP contribution in [0, 0.1) is 4.77 Å². The number of H-pyrrole nitrogens is 1. The van der Waals surface area contributed by atoms with Crippen LogP contribution >= 0.6 is 23.6 Å². The third-order valence-electron chi connectivity index (χ3n) is 4.37. The lowest BCUT2D eigenvalue weighted by atomic mass is 10.2. The maximum Gasteiger partial charge on any atom is 0.262 e. The first-order chi connectivity index (χ1) is 12.4. The van der Waals surface area contributed by atoms with Crippen LogP contribution in [0.5, 0.6) is 0 Å². The van der Waals surface area contributed by atoms with E-state index in [4.69, 9.17) is 12.2 Å². The van der Waals surface area contributed by atoms with Gasteiger partial charge in [0.15, 0.2) is 4.77 Å². The molecule has 142 valence electrons. The van der Waals surface area contributed by atoms with Gasteiger partial charge in [0.25, 0.3) is 5.91 Å².